The number of carbonyl (C=O) groups excluding carboxylic acids is 5. The molecule has 0 bridgehead atoms. The van der Waals surface area contributed by atoms with Crippen LogP contribution in [0.15, 0.2) is 84.9 Å². The second-order valence-electron chi connectivity index (χ2n) is 10.4. The van der Waals surface area contributed by atoms with Crippen LogP contribution in [0, 0.1) is 12.8 Å². The molecule has 12 heteroatoms. The van der Waals surface area contributed by atoms with E-state index in [2.05, 4.69) is 0 Å². The molecule has 234 valence electrons. The number of ether oxygens (including phenoxy) is 3. The summed E-state index contributed by atoms with van der Waals surface area (Å²) in [5.41, 5.74) is 1.79. The Kier molecular flexibility index (Phi) is 8.39. The van der Waals surface area contributed by atoms with Crippen molar-refractivity contribution in [2.75, 3.05) is 23.7 Å². The lowest BCUT2D eigenvalue weighted by Crippen LogP contribution is -2.37. The van der Waals surface area contributed by atoms with Crippen molar-refractivity contribution in [1.82, 2.24) is 0 Å². The van der Waals surface area contributed by atoms with Gasteiger partial charge in [0, 0.05) is 0 Å². The second kappa shape index (κ2) is 12.6. The van der Waals surface area contributed by atoms with E-state index < -0.39 is 47.8 Å². The molecule has 3 heterocycles. The van der Waals surface area contributed by atoms with E-state index >= 15 is 0 Å². The Labute approximate surface area is 267 Å². The molecule has 0 N–H and O–H groups in total. The molecule has 2 fully saturated rings. The van der Waals surface area contributed by atoms with Crippen LogP contribution in [-0.4, -0.2) is 49.5 Å². The van der Waals surface area contributed by atoms with Crippen LogP contribution in [0.25, 0.3) is 0 Å². The number of carbonyl (C=O) groups is 5. The van der Waals surface area contributed by atoms with Crippen LogP contribution in [0.3, 0.4) is 0 Å². The molecule has 0 radical (unpaired) electrons. The highest BCUT2D eigenvalue weighted by Crippen LogP contribution is 2.50. The maximum absolute atomic E-state index is 14.3. The monoisotopic (exact) mass is 640 g/mol. The van der Waals surface area contributed by atoms with E-state index in [4.69, 9.17) is 19.0 Å². The minimum absolute atomic E-state index is 0.0337. The fourth-order valence-corrected chi connectivity index (χ4v) is 6.82. The Hall–Kier alpha value is -5.33. The first-order valence-corrected chi connectivity index (χ1v) is 15.2. The first-order valence-electron chi connectivity index (χ1n) is 14.4. The van der Waals surface area contributed by atoms with Gasteiger partial charge in [-0.15, -0.1) is 11.3 Å². The zero-order chi connectivity index (χ0) is 32.5. The molecule has 2 aliphatic heterocycles. The van der Waals surface area contributed by atoms with Gasteiger partial charge < -0.3 is 14.2 Å². The number of amides is 2. The van der Waals surface area contributed by atoms with Crippen molar-refractivity contribution in [3.63, 3.8) is 0 Å². The lowest BCUT2D eigenvalue weighted by Gasteiger charge is -2.28. The molecule has 3 atom stereocenters. The summed E-state index contributed by atoms with van der Waals surface area (Å²) in [6.07, 6.45) is -1.23. The average molecular weight is 641 g/mol. The van der Waals surface area contributed by atoms with Gasteiger partial charge in [-0.1, -0.05) is 48.5 Å². The molecule has 11 nitrogen and oxygen atoms in total. The third-order valence-electron chi connectivity index (χ3n) is 7.75. The SMILES string of the molecule is CCOC(=O)c1sc(N2C(=O)[C@H]3[C@@H](ON(c4ccccc4)[C@H]3c3ccc(OC(=O)c4ccccc4)cc3)C2=O)c(C(=O)OC)c1C. The lowest BCUT2D eigenvalue weighted by molar-refractivity contribution is -0.126. The standard InChI is InChI=1S/C34H28N2O9S/c1-4-43-34(41)28-19(2)24(33(40)42-3)31(46-28)35-29(37)25-26(36(45-27(25)30(35)38)22-13-9-6-10-14-22)20-15-17-23(18-16-20)44-32(39)21-11-7-5-8-12-21/h5-18,25-27H,4H2,1-3H3/t25-,26+,27-/m1/s1. The fourth-order valence-electron chi connectivity index (χ4n) is 5.62. The number of fused-ring (bicyclic) bond motifs is 1. The number of benzene rings is 3. The van der Waals surface area contributed by atoms with E-state index in [1.807, 2.05) is 6.07 Å². The van der Waals surface area contributed by atoms with Gasteiger partial charge in [0.1, 0.15) is 21.5 Å². The number of anilines is 2. The Balaban J connectivity index is 1.37. The Morgan fingerprint density at radius 2 is 1.50 bits per heavy atom. The van der Waals surface area contributed by atoms with Gasteiger partial charge in [-0.25, -0.2) is 24.3 Å². The molecule has 0 unspecified atom stereocenters. The van der Waals surface area contributed by atoms with Crippen molar-refractivity contribution in [1.29, 1.82) is 0 Å². The molecule has 46 heavy (non-hydrogen) atoms. The van der Waals surface area contributed by atoms with E-state index in [1.165, 1.54) is 19.1 Å². The zero-order valence-electron chi connectivity index (χ0n) is 25.0. The number of hydrogen-bond acceptors (Lipinski definition) is 11. The van der Waals surface area contributed by atoms with E-state index in [9.17, 15) is 24.0 Å². The number of hydrogen-bond donors (Lipinski definition) is 0. The molecule has 4 aromatic rings. The van der Waals surface area contributed by atoms with Crippen LogP contribution in [0.5, 0.6) is 5.75 Å². The maximum atomic E-state index is 14.3. The largest absolute Gasteiger partial charge is 0.465 e. The van der Waals surface area contributed by atoms with Gasteiger partial charge in [0.15, 0.2) is 6.10 Å². The van der Waals surface area contributed by atoms with E-state index in [1.54, 1.807) is 85.8 Å². The van der Waals surface area contributed by atoms with Gasteiger partial charge >= 0.3 is 17.9 Å². The minimum Gasteiger partial charge on any atom is -0.465 e. The predicted molar refractivity (Wildman–Crippen MR) is 167 cm³/mol. The van der Waals surface area contributed by atoms with Gasteiger partial charge in [0.2, 0.25) is 5.91 Å². The van der Waals surface area contributed by atoms with Crippen molar-refractivity contribution in [3.05, 3.63) is 112 Å². The predicted octanol–water partition coefficient (Wildman–Crippen LogP) is 5.29. The topological polar surface area (TPSA) is 129 Å². The number of rotatable bonds is 8. The van der Waals surface area contributed by atoms with Crippen LogP contribution in [-0.2, 0) is 23.9 Å². The third kappa shape index (κ3) is 5.31. The van der Waals surface area contributed by atoms with Crippen LogP contribution in [0.2, 0.25) is 0 Å². The van der Waals surface area contributed by atoms with E-state index in [0.717, 1.165) is 16.2 Å². The highest BCUT2D eigenvalue weighted by Gasteiger charge is 2.61. The first-order chi connectivity index (χ1) is 22.2. The van der Waals surface area contributed by atoms with Crippen LogP contribution < -0.4 is 14.7 Å². The van der Waals surface area contributed by atoms with E-state index in [-0.39, 0.29) is 33.4 Å². The van der Waals surface area contributed by atoms with Crippen LogP contribution >= 0.6 is 11.3 Å². The smallest absolute Gasteiger partial charge is 0.348 e. The normalized spacial score (nSPS) is 18.8. The number of methoxy groups -OCH3 is 1. The van der Waals surface area contributed by atoms with Gasteiger partial charge in [0.05, 0.1) is 36.6 Å². The highest BCUT2D eigenvalue weighted by molar-refractivity contribution is 7.19. The number of para-hydroxylation sites is 1. The number of esters is 3. The van der Waals surface area contributed by atoms with Crippen molar-refractivity contribution in [2.45, 2.75) is 26.0 Å². The number of hydroxylamine groups is 1. The molecular formula is C34H28N2O9S. The molecule has 0 spiro atoms. The molecule has 3 aromatic carbocycles. The third-order valence-corrected chi connectivity index (χ3v) is 9.01. The Morgan fingerprint density at radius 3 is 2.13 bits per heavy atom. The van der Waals surface area contributed by atoms with Gasteiger partial charge in [-0.2, -0.15) is 0 Å². The van der Waals surface area contributed by atoms with Gasteiger partial charge in [-0.05, 0) is 61.4 Å². The molecule has 0 saturated carbocycles. The summed E-state index contributed by atoms with van der Waals surface area (Å²) in [4.78, 5) is 73.7. The van der Waals surface area contributed by atoms with Gasteiger partial charge in [-0.3, -0.25) is 14.4 Å². The quantitative estimate of drug-likeness (QED) is 0.142. The summed E-state index contributed by atoms with van der Waals surface area (Å²) in [6, 6.07) is 23.4. The molecule has 2 saturated heterocycles. The number of thiophene rings is 1. The van der Waals surface area contributed by atoms with Crippen molar-refractivity contribution in [2.24, 2.45) is 5.92 Å². The first kappa shape index (κ1) is 30.7. The molecule has 6 rings (SSSR count). The second-order valence-corrected chi connectivity index (χ2v) is 11.4. The van der Waals surface area contributed by atoms with Crippen molar-refractivity contribution >= 4 is 51.7 Å². The van der Waals surface area contributed by atoms with Crippen LogP contribution in [0.1, 0.15) is 54.5 Å². The fraction of sp³-hybridized carbons (Fsp3) is 0.206. The highest BCUT2D eigenvalue weighted by atomic mass is 32.1. The Morgan fingerprint density at radius 1 is 0.848 bits per heavy atom. The Bertz CT molecular complexity index is 1820. The summed E-state index contributed by atoms with van der Waals surface area (Å²) in [6.45, 7) is 3.28. The summed E-state index contributed by atoms with van der Waals surface area (Å²) >= 11 is 0.813. The molecule has 2 aliphatic rings. The molecule has 0 aliphatic carbocycles. The minimum atomic E-state index is -1.23. The summed E-state index contributed by atoms with van der Waals surface area (Å²) in [5, 5.41) is 1.49. The molecule has 2 amide bonds. The summed E-state index contributed by atoms with van der Waals surface area (Å²) in [7, 11) is 1.17. The summed E-state index contributed by atoms with van der Waals surface area (Å²) < 4.78 is 15.6. The van der Waals surface area contributed by atoms with Crippen LogP contribution in [0.4, 0.5) is 10.7 Å². The molecule has 1 aromatic heterocycles. The lowest BCUT2D eigenvalue weighted by atomic mass is 9.90. The number of imide groups is 1. The summed E-state index contributed by atoms with van der Waals surface area (Å²) in [5.74, 6) is -4.04. The molecular weight excluding hydrogens is 612 g/mol. The van der Waals surface area contributed by atoms with Gasteiger partial charge in [0.25, 0.3) is 5.91 Å². The van der Waals surface area contributed by atoms with Crippen molar-refractivity contribution in [3.8, 4) is 5.75 Å². The average Bonchev–Trinajstić information content (AvgIpc) is 3.71. The number of nitrogens with zero attached hydrogens (tertiary/aromatic N) is 2. The van der Waals surface area contributed by atoms with Crippen molar-refractivity contribution < 1.29 is 43.0 Å². The zero-order valence-corrected chi connectivity index (χ0v) is 25.8. The van der Waals surface area contributed by atoms with E-state index in [0.29, 0.717) is 16.8 Å². The maximum Gasteiger partial charge on any atom is 0.348 e.